The van der Waals surface area contributed by atoms with Crippen molar-refractivity contribution in [1.82, 2.24) is 5.32 Å². The molecule has 80 valence electrons. The average Bonchev–Trinajstić information content (AvgIpc) is 2.24. The van der Waals surface area contributed by atoms with Gasteiger partial charge in [0.25, 0.3) is 0 Å². The van der Waals surface area contributed by atoms with Crippen molar-refractivity contribution < 1.29 is 0 Å². The van der Waals surface area contributed by atoms with Gasteiger partial charge in [-0.2, -0.15) is 0 Å². The van der Waals surface area contributed by atoms with Crippen LogP contribution in [0.1, 0.15) is 49.3 Å². The van der Waals surface area contributed by atoms with E-state index in [9.17, 15) is 0 Å². The third-order valence-electron chi connectivity index (χ3n) is 4.16. The Hall–Kier alpha value is -0.820. The van der Waals surface area contributed by atoms with Crippen LogP contribution >= 0.6 is 0 Å². The van der Waals surface area contributed by atoms with Crippen LogP contribution in [0.25, 0.3) is 0 Å². The second kappa shape index (κ2) is 3.08. The Balaban J connectivity index is 2.22. The maximum atomic E-state index is 3.53. The van der Waals surface area contributed by atoms with Crippen molar-refractivity contribution in [2.45, 2.75) is 44.6 Å². The number of benzene rings is 1. The lowest BCUT2D eigenvalue weighted by Crippen LogP contribution is -2.36. The van der Waals surface area contributed by atoms with Gasteiger partial charge >= 0.3 is 0 Å². The van der Waals surface area contributed by atoms with E-state index in [0.29, 0.717) is 5.41 Å². The molecule has 1 aliphatic heterocycles. The van der Waals surface area contributed by atoms with E-state index in [1.54, 1.807) is 11.1 Å². The molecule has 2 aliphatic rings. The van der Waals surface area contributed by atoms with Crippen molar-refractivity contribution >= 4 is 0 Å². The zero-order chi connectivity index (χ0) is 10.5. The third-order valence-corrected chi connectivity index (χ3v) is 4.16. The Kier molecular flexibility index (Phi) is 1.93. The molecule has 0 amide bonds. The molecule has 1 aromatic carbocycles. The van der Waals surface area contributed by atoms with Crippen molar-refractivity contribution in [3.63, 3.8) is 0 Å². The maximum Gasteiger partial charge on any atom is 0.0208 e. The summed E-state index contributed by atoms with van der Waals surface area (Å²) in [6.07, 6.45) is 2.68. The first-order valence-electron chi connectivity index (χ1n) is 6.01. The Labute approximate surface area is 91.9 Å². The maximum absolute atomic E-state index is 3.53. The molecular weight excluding hydrogens is 182 g/mol. The van der Waals surface area contributed by atoms with Gasteiger partial charge in [0.15, 0.2) is 0 Å². The van der Waals surface area contributed by atoms with E-state index in [0.717, 1.165) is 12.5 Å². The van der Waals surface area contributed by atoms with Crippen LogP contribution in [0.2, 0.25) is 0 Å². The van der Waals surface area contributed by atoms with E-state index >= 15 is 0 Å². The standard InChI is InChI=1S/C14H19N/c1-14(2)7-6-11-9-15-8-10-4-3-5-12(14)13(10)11/h3-5,11,15H,6-9H2,1-2H3. The first-order valence-corrected chi connectivity index (χ1v) is 6.01. The topological polar surface area (TPSA) is 12.0 Å². The highest BCUT2D eigenvalue weighted by Crippen LogP contribution is 2.44. The van der Waals surface area contributed by atoms with Crippen LogP contribution in [0.5, 0.6) is 0 Å². The van der Waals surface area contributed by atoms with Gasteiger partial charge in [-0.05, 0) is 40.9 Å². The van der Waals surface area contributed by atoms with Crippen LogP contribution in [0.4, 0.5) is 0 Å². The van der Waals surface area contributed by atoms with Crippen LogP contribution in [0.15, 0.2) is 18.2 Å². The molecule has 15 heavy (non-hydrogen) atoms. The fourth-order valence-corrected chi connectivity index (χ4v) is 3.24. The van der Waals surface area contributed by atoms with Gasteiger partial charge in [0.05, 0.1) is 0 Å². The fourth-order valence-electron chi connectivity index (χ4n) is 3.24. The smallest absolute Gasteiger partial charge is 0.0208 e. The fraction of sp³-hybridized carbons (Fsp3) is 0.571. The number of nitrogens with one attached hydrogen (secondary N) is 1. The Bertz CT molecular complexity index is 392. The first kappa shape index (κ1) is 9.41. The predicted molar refractivity (Wildman–Crippen MR) is 63.1 cm³/mol. The van der Waals surface area contributed by atoms with Crippen molar-refractivity contribution in [1.29, 1.82) is 0 Å². The highest BCUT2D eigenvalue weighted by Gasteiger charge is 2.35. The van der Waals surface area contributed by atoms with Crippen LogP contribution in [0, 0.1) is 0 Å². The first-order chi connectivity index (χ1) is 7.18. The molecule has 0 radical (unpaired) electrons. The molecule has 3 rings (SSSR count). The van der Waals surface area contributed by atoms with Gasteiger partial charge in [-0.15, -0.1) is 0 Å². The highest BCUT2D eigenvalue weighted by atomic mass is 14.9. The molecule has 0 bridgehead atoms. The molecule has 1 atom stereocenters. The van der Waals surface area contributed by atoms with Gasteiger partial charge in [0.1, 0.15) is 0 Å². The van der Waals surface area contributed by atoms with E-state index < -0.39 is 0 Å². The van der Waals surface area contributed by atoms with Gasteiger partial charge in [-0.3, -0.25) is 0 Å². The second-order valence-electron chi connectivity index (χ2n) is 5.63. The average molecular weight is 201 g/mol. The molecular formula is C14H19N. The van der Waals surface area contributed by atoms with Crippen LogP contribution in [0.3, 0.4) is 0 Å². The summed E-state index contributed by atoms with van der Waals surface area (Å²) in [4.78, 5) is 0. The van der Waals surface area contributed by atoms with Crippen LogP contribution in [-0.2, 0) is 12.0 Å². The summed E-state index contributed by atoms with van der Waals surface area (Å²) < 4.78 is 0. The normalized spacial score (nSPS) is 27.2. The lowest BCUT2D eigenvalue weighted by atomic mass is 9.67. The van der Waals surface area contributed by atoms with Gasteiger partial charge < -0.3 is 5.32 Å². The highest BCUT2D eigenvalue weighted by molar-refractivity contribution is 5.45. The Morgan fingerprint density at radius 2 is 2.20 bits per heavy atom. The summed E-state index contributed by atoms with van der Waals surface area (Å²) in [6.45, 7) is 7.03. The predicted octanol–water partition coefficient (Wildman–Crippen LogP) is 2.94. The van der Waals surface area contributed by atoms with Gasteiger partial charge in [0, 0.05) is 13.1 Å². The van der Waals surface area contributed by atoms with Gasteiger partial charge in [-0.25, -0.2) is 0 Å². The van der Waals surface area contributed by atoms with Crippen molar-refractivity contribution in [3.05, 3.63) is 34.9 Å². The molecule has 0 aromatic heterocycles. The quantitative estimate of drug-likeness (QED) is 0.680. The molecule has 0 saturated carbocycles. The van der Waals surface area contributed by atoms with E-state index in [1.165, 1.54) is 24.9 Å². The summed E-state index contributed by atoms with van der Waals surface area (Å²) in [5, 5.41) is 3.53. The van der Waals surface area contributed by atoms with Crippen LogP contribution < -0.4 is 5.32 Å². The minimum absolute atomic E-state index is 0.388. The SMILES string of the molecule is CC1(C)CCC2CNCc3cccc1c32. The minimum Gasteiger partial charge on any atom is -0.312 e. The molecule has 0 saturated heterocycles. The van der Waals surface area contributed by atoms with E-state index in [4.69, 9.17) is 0 Å². The van der Waals surface area contributed by atoms with Gasteiger partial charge in [-0.1, -0.05) is 32.0 Å². The van der Waals surface area contributed by atoms with Crippen molar-refractivity contribution in [2.75, 3.05) is 6.54 Å². The number of hydrogen-bond donors (Lipinski definition) is 1. The van der Waals surface area contributed by atoms with Crippen molar-refractivity contribution in [3.8, 4) is 0 Å². The number of hydrogen-bond acceptors (Lipinski definition) is 1. The summed E-state index contributed by atoms with van der Waals surface area (Å²) >= 11 is 0. The minimum atomic E-state index is 0.388. The van der Waals surface area contributed by atoms with E-state index in [-0.39, 0.29) is 0 Å². The van der Waals surface area contributed by atoms with E-state index in [1.807, 2.05) is 0 Å². The number of rotatable bonds is 0. The molecule has 1 aliphatic carbocycles. The molecule has 1 aromatic rings. The largest absolute Gasteiger partial charge is 0.312 e. The zero-order valence-corrected chi connectivity index (χ0v) is 9.64. The molecule has 1 heteroatoms. The molecule has 0 spiro atoms. The van der Waals surface area contributed by atoms with Crippen molar-refractivity contribution in [2.24, 2.45) is 0 Å². The Morgan fingerprint density at radius 1 is 1.33 bits per heavy atom. The zero-order valence-electron chi connectivity index (χ0n) is 9.64. The van der Waals surface area contributed by atoms with Gasteiger partial charge in [0.2, 0.25) is 0 Å². The molecule has 1 N–H and O–H groups in total. The summed E-state index contributed by atoms with van der Waals surface area (Å²) in [5.41, 5.74) is 5.21. The summed E-state index contributed by atoms with van der Waals surface area (Å²) in [6, 6.07) is 6.86. The molecule has 1 heterocycles. The lowest BCUT2D eigenvalue weighted by Gasteiger charge is -2.40. The van der Waals surface area contributed by atoms with Crippen LogP contribution in [-0.4, -0.2) is 6.54 Å². The second-order valence-corrected chi connectivity index (χ2v) is 5.63. The monoisotopic (exact) mass is 201 g/mol. The lowest BCUT2D eigenvalue weighted by molar-refractivity contribution is 0.368. The van der Waals surface area contributed by atoms with E-state index in [2.05, 4.69) is 37.4 Å². The summed E-state index contributed by atoms with van der Waals surface area (Å²) in [7, 11) is 0. The molecule has 1 unspecified atom stereocenters. The molecule has 0 fully saturated rings. The Morgan fingerprint density at radius 3 is 3.07 bits per heavy atom. The molecule has 1 nitrogen and oxygen atoms in total. The summed E-state index contributed by atoms with van der Waals surface area (Å²) in [5.74, 6) is 0.776. The third kappa shape index (κ3) is 1.33.